The van der Waals surface area contributed by atoms with Gasteiger partial charge in [-0.2, -0.15) is 0 Å². The van der Waals surface area contributed by atoms with Gasteiger partial charge in [0.15, 0.2) is 23.1 Å². The number of ketones is 4. The van der Waals surface area contributed by atoms with E-state index in [2.05, 4.69) is 20.9 Å². The van der Waals surface area contributed by atoms with Gasteiger partial charge in [0, 0.05) is 105 Å². The SMILES string of the molecule is Cn1cc(CC(=O)C[NH+]=C(N)N)cc1C(=O)Cc1cc(C(=O)NCCC(N)=[NH2+])n(C)c1.Cn1cc(CC(=O)c2cc(NC=O)cn2C)cc1C(=O)Cc1cc(C(=O)NCCC(N)=[NH2+])n(C)c1.[Cl-].[Cl-]. The first-order chi connectivity index (χ1) is 31.1. The molecule has 5 rings (SSSR count). The number of hydrogen-bond acceptors (Lipinski definition) is 7. The second-order valence-corrected chi connectivity index (χ2v) is 15.9. The molecule has 0 unspecified atom stereocenters. The molecule has 68 heavy (non-hydrogen) atoms. The van der Waals surface area contributed by atoms with Crippen molar-refractivity contribution in [2.24, 2.45) is 58.2 Å². The number of carbonyl (C=O) groups excluding carboxylic acids is 7. The molecule has 0 aliphatic carbocycles. The molecule has 5 heterocycles. The first kappa shape index (κ1) is 56.4. The van der Waals surface area contributed by atoms with Crippen LogP contribution in [0.5, 0.6) is 0 Å². The third kappa shape index (κ3) is 16.3. The van der Waals surface area contributed by atoms with E-state index in [9.17, 15) is 33.6 Å². The van der Waals surface area contributed by atoms with Gasteiger partial charge in [0.05, 0.1) is 35.6 Å². The first-order valence-electron chi connectivity index (χ1n) is 20.7. The van der Waals surface area contributed by atoms with Crippen LogP contribution < -0.4 is 79.5 Å². The number of guanidine groups is 1. The molecule has 24 heteroatoms. The fraction of sp³-hybridized carbons (Fsp3) is 0.318. The van der Waals surface area contributed by atoms with Crippen LogP contribution in [0.25, 0.3) is 0 Å². The summed E-state index contributed by atoms with van der Waals surface area (Å²) in [5.41, 5.74) is 27.0. The van der Waals surface area contributed by atoms with Crippen LogP contribution in [-0.2, 0) is 70.5 Å². The number of rotatable bonds is 23. The highest BCUT2D eigenvalue weighted by molar-refractivity contribution is 6.00. The van der Waals surface area contributed by atoms with Crippen molar-refractivity contribution in [1.82, 2.24) is 33.5 Å². The van der Waals surface area contributed by atoms with Gasteiger partial charge in [-0.15, -0.1) is 0 Å². The van der Waals surface area contributed by atoms with Crippen LogP contribution in [0.2, 0.25) is 0 Å². The Balaban J connectivity index is 0.000000457. The number of hydrogen-bond donors (Lipinski definition) is 10. The fourth-order valence-corrected chi connectivity index (χ4v) is 7.05. The Morgan fingerprint density at radius 2 is 0.882 bits per heavy atom. The van der Waals surface area contributed by atoms with Crippen molar-refractivity contribution < 1.29 is 74.2 Å². The fourth-order valence-electron chi connectivity index (χ4n) is 7.05. The zero-order valence-electron chi connectivity index (χ0n) is 38.5. The maximum atomic E-state index is 13.0. The number of carbonyl (C=O) groups is 7. The van der Waals surface area contributed by atoms with E-state index in [-0.39, 0.29) is 110 Å². The molecule has 0 aliphatic rings. The van der Waals surface area contributed by atoms with Crippen molar-refractivity contribution >= 4 is 64.7 Å². The van der Waals surface area contributed by atoms with Crippen molar-refractivity contribution in [1.29, 1.82) is 0 Å². The van der Waals surface area contributed by atoms with Crippen LogP contribution in [0.1, 0.15) is 87.5 Å². The Labute approximate surface area is 404 Å². The van der Waals surface area contributed by atoms with Gasteiger partial charge < -0.3 is 63.6 Å². The van der Waals surface area contributed by atoms with E-state index >= 15 is 0 Å². The quantitative estimate of drug-likeness (QED) is 0.0127. The van der Waals surface area contributed by atoms with Gasteiger partial charge in [-0.05, 0) is 52.6 Å². The lowest BCUT2D eigenvalue weighted by Gasteiger charge is -2.03. The minimum atomic E-state index is -0.278. The highest BCUT2D eigenvalue weighted by atomic mass is 35.5. The predicted molar refractivity (Wildman–Crippen MR) is 245 cm³/mol. The maximum Gasteiger partial charge on any atom is 0.339 e. The largest absolute Gasteiger partial charge is 1.00 e. The zero-order chi connectivity index (χ0) is 48.8. The van der Waals surface area contributed by atoms with Gasteiger partial charge in [0.25, 0.3) is 11.8 Å². The lowest BCUT2D eigenvalue weighted by atomic mass is 10.1. The lowest BCUT2D eigenvalue weighted by Crippen LogP contribution is -3.00. The van der Waals surface area contributed by atoms with E-state index in [1.165, 1.54) is 0 Å². The summed E-state index contributed by atoms with van der Waals surface area (Å²) in [7, 11) is 8.69. The number of aryl methyl sites for hydroxylation is 5. The summed E-state index contributed by atoms with van der Waals surface area (Å²) in [4.78, 5) is 88.4. The van der Waals surface area contributed by atoms with E-state index in [4.69, 9.17) is 33.8 Å². The Morgan fingerprint density at radius 3 is 1.25 bits per heavy atom. The van der Waals surface area contributed by atoms with Crippen LogP contribution in [0.3, 0.4) is 0 Å². The number of anilines is 1. The summed E-state index contributed by atoms with van der Waals surface area (Å²) >= 11 is 0. The number of amidine groups is 2. The van der Waals surface area contributed by atoms with Crippen molar-refractivity contribution in [3.8, 4) is 0 Å². The standard InChI is InChI=1S/C24H29N7O4.C20H28N8O3.2ClH/c1-29-11-15(8-22(34)19-10-17(28-14-32)13-31(19)3)6-18(29)21(33)9-16-7-20(30(2)12-16)24(35)27-5-4-23(25)26;1-27-10-12(5-14(29)9-26-20(23)24)6-15(27)17(30)8-13-7-16(28(2)11-13)19(31)25-4-3-18(21)22;;/h6-7,10-14H,4-5,8-9H2,1-3H3,(H3,25,26)(H,27,35)(H,28,32);6-7,10-11H,3-5,8-9H2,1-2H3,(H3,21,22)(H,25,31)(H4,23,24,26);2*1H/p+1. The van der Waals surface area contributed by atoms with E-state index in [0.29, 0.717) is 83.2 Å². The van der Waals surface area contributed by atoms with E-state index in [1.807, 2.05) is 0 Å². The molecule has 16 N–H and O–H groups in total. The van der Waals surface area contributed by atoms with Crippen LogP contribution in [0.4, 0.5) is 5.69 Å². The number of nitrogens with one attached hydrogen (secondary N) is 4. The van der Waals surface area contributed by atoms with E-state index in [0.717, 1.165) is 5.56 Å². The monoisotopic (exact) mass is 980 g/mol. The molecular formula is C44H60Cl2N15O7+. The average Bonchev–Trinajstić information content (AvgIpc) is 4.05. The molecule has 0 aliphatic heterocycles. The molecule has 0 fully saturated rings. The maximum absolute atomic E-state index is 13.0. The summed E-state index contributed by atoms with van der Waals surface area (Å²) < 4.78 is 8.35. The Bertz CT molecular complexity index is 2700. The third-order valence-corrected chi connectivity index (χ3v) is 10.2. The molecule has 0 aromatic carbocycles. The second kappa shape index (κ2) is 25.8. The molecular weight excluding hydrogens is 921 g/mol. The van der Waals surface area contributed by atoms with Crippen molar-refractivity contribution in [3.05, 3.63) is 112 Å². The molecule has 22 nitrogen and oxygen atoms in total. The molecule has 0 spiro atoms. The summed E-state index contributed by atoms with van der Waals surface area (Å²) in [6.45, 7) is 0.672. The van der Waals surface area contributed by atoms with E-state index in [1.54, 1.807) is 119 Å². The number of Topliss-reactive ketones (excluding diaryl/α,β-unsaturated/α-hetero) is 4. The van der Waals surface area contributed by atoms with Gasteiger partial charge in [0.1, 0.15) is 17.9 Å². The molecule has 0 atom stereocenters. The summed E-state index contributed by atoms with van der Waals surface area (Å²) in [6, 6.07) is 8.36. The highest BCUT2D eigenvalue weighted by Crippen LogP contribution is 2.19. The summed E-state index contributed by atoms with van der Waals surface area (Å²) in [5.74, 6) is -0.571. The average molecular weight is 982 g/mol. The Morgan fingerprint density at radius 1 is 0.544 bits per heavy atom. The lowest BCUT2D eigenvalue weighted by molar-refractivity contribution is -0.445. The molecule has 0 bridgehead atoms. The number of nitrogens with zero attached hydrogens (tertiary/aromatic N) is 5. The smallest absolute Gasteiger partial charge is 0.339 e. The molecule has 366 valence electrons. The molecule has 0 radical (unpaired) electrons. The van der Waals surface area contributed by atoms with Crippen LogP contribution >= 0.6 is 0 Å². The van der Waals surface area contributed by atoms with Crippen molar-refractivity contribution in [2.45, 2.75) is 38.5 Å². The van der Waals surface area contributed by atoms with Crippen LogP contribution in [0, 0.1) is 0 Å². The Kier molecular flexibility index (Phi) is 21.4. The number of aromatic nitrogens is 5. The third-order valence-electron chi connectivity index (χ3n) is 10.2. The minimum Gasteiger partial charge on any atom is -1.00 e. The molecule has 5 aromatic heterocycles. The van der Waals surface area contributed by atoms with Gasteiger partial charge in [-0.25, -0.2) is 0 Å². The normalized spacial score (nSPS) is 10.3. The predicted octanol–water partition coefficient (Wildman–Crippen LogP) is -11.1. The summed E-state index contributed by atoms with van der Waals surface area (Å²) in [5, 5.41) is 18.8. The van der Waals surface area contributed by atoms with Crippen molar-refractivity contribution in [2.75, 3.05) is 25.0 Å². The van der Waals surface area contributed by atoms with Crippen molar-refractivity contribution in [3.63, 3.8) is 0 Å². The van der Waals surface area contributed by atoms with Crippen LogP contribution in [0.15, 0.2) is 61.3 Å². The number of nitrogens with two attached hydrogens (primary N) is 6. The molecule has 0 saturated carbocycles. The van der Waals surface area contributed by atoms with Gasteiger partial charge in [-0.3, -0.25) is 72.3 Å². The first-order valence-corrected chi connectivity index (χ1v) is 20.7. The topological polar surface area (TPSA) is 349 Å². The molecule has 5 aromatic rings. The summed E-state index contributed by atoms with van der Waals surface area (Å²) in [6.07, 6.45) is 10.4. The number of halogens is 2. The highest BCUT2D eigenvalue weighted by Gasteiger charge is 2.21. The Hall–Kier alpha value is -7.72. The van der Waals surface area contributed by atoms with E-state index < -0.39 is 0 Å². The van der Waals surface area contributed by atoms with Gasteiger partial charge in [0.2, 0.25) is 18.1 Å². The van der Waals surface area contributed by atoms with Gasteiger partial charge in [-0.1, -0.05) is 0 Å². The van der Waals surface area contributed by atoms with Gasteiger partial charge >= 0.3 is 5.96 Å². The molecule has 3 amide bonds. The van der Waals surface area contributed by atoms with Crippen LogP contribution in [-0.4, -0.2) is 101 Å². The second-order valence-electron chi connectivity index (χ2n) is 15.9. The number of amides is 3. The zero-order valence-corrected chi connectivity index (χ0v) is 40.0. The molecule has 0 saturated heterocycles. The minimum absolute atomic E-state index is 0.